The molecule has 0 radical (unpaired) electrons. The summed E-state index contributed by atoms with van der Waals surface area (Å²) in [5.41, 5.74) is 0. The topological polar surface area (TPSA) is 62.7 Å². The maximum atomic E-state index is 11.7. The molecule has 0 bridgehead atoms. The van der Waals surface area contributed by atoms with Gasteiger partial charge < -0.3 is 15.4 Å². The molecule has 0 spiro atoms. The quantitative estimate of drug-likeness (QED) is 0.203. The average Bonchev–Trinajstić information content (AvgIpc) is 3.23. The van der Waals surface area contributed by atoms with Crippen LogP contribution in [-0.4, -0.2) is 38.2 Å². The van der Waals surface area contributed by atoms with Crippen molar-refractivity contribution in [2.75, 3.05) is 20.1 Å². The van der Waals surface area contributed by atoms with Crippen LogP contribution in [-0.2, 0) is 16.0 Å². The fourth-order valence-electron chi connectivity index (χ4n) is 2.67. The van der Waals surface area contributed by atoms with Crippen molar-refractivity contribution in [1.29, 1.82) is 0 Å². The maximum Gasteiger partial charge on any atom is 0.306 e. The number of carbonyl (C=O) groups is 1. The summed E-state index contributed by atoms with van der Waals surface area (Å²) in [4.78, 5) is 17.3. The van der Waals surface area contributed by atoms with Gasteiger partial charge in [-0.3, -0.25) is 9.79 Å². The first-order valence-corrected chi connectivity index (χ1v) is 9.32. The summed E-state index contributed by atoms with van der Waals surface area (Å²) in [6.45, 7) is 1.57. The lowest BCUT2D eigenvalue weighted by Crippen LogP contribution is -2.38. The minimum absolute atomic E-state index is 0. The Morgan fingerprint density at radius 1 is 1.33 bits per heavy atom. The van der Waals surface area contributed by atoms with Crippen LogP contribution in [0.25, 0.3) is 0 Å². The number of carbonyl (C=O) groups excluding carboxylic acids is 1. The number of ether oxygens (including phenoxy) is 1. The predicted octanol–water partition coefficient (Wildman–Crippen LogP) is 3.34. The van der Waals surface area contributed by atoms with E-state index in [1.807, 2.05) is 0 Å². The summed E-state index contributed by atoms with van der Waals surface area (Å²) >= 11 is 1.77. The van der Waals surface area contributed by atoms with Crippen LogP contribution in [0.4, 0.5) is 0 Å². The highest BCUT2D eigenvalue weighted by Gasteiger charge is 2.18. The van der Waals surface area contributed by atoms with Gasteiger partial charge in [0.1, 0.15) is 6.10 Å². The number of thiophene rings is 1. The molecular formula is C17H28IN3O2S. The van der Waals surface area contributed by atoms with E-state index in [1.54, 1.807) is 18.4 Å². The smallest absolute Gasteiger partial charge is 0.306 e. The number of nitrogens with zero attached hydrogens (tertiary/aromatic N) is 1. The highest BCUT2D eigenvalue weighted by molar-refractivity contribution is 14.0. The predicted molar refractivity (Wildman–Crippen MR) is 110 cm³/mol. The van der Waals surface area contributed by atoms with Crippen molar-refractivity contribution in [3.63, 3.8) is 0 Å². The van der Waals surface area contributed by atoms with Crippen molar-refractivity contribution in [2.45, 2.75) is 51.0 Å². The van der Waals surface area contributed by atoms with E-state index in [2.05, 4.69) is 33.1 Å². The molecule has 0 unspecified atom stereocenters. The Kier molecular flexibility index (Phi) is 11.1. The number of hydrogen-bond acceptors (Lipinski definition) is 4. The molecule has 2 rings (SSSR count). The largest absolute Gasteiger partial charge is 0.462 e. The third kappa shape index (κ3) is 8.32. The third-order valence-corrected chi connectivity index (χ3v) is 4.85. The summed E-state index contributed by atoms with van der Waals surface area (Å²) in [6.07, 6.45) is 6.83. The molecule has 1 heterocycles. The first-order chi connectivity index (χ1) is 11.3. The molecule has 24 heavy (non-hydrogen) atoms. The molecule has 5 nitrogen and oxygen atoms in total. The number of rotatable bonds is 8. The normalized spacial score (nSPS) is 15.0. The van der Waals surface area contributed by atoms with Crippen molar-refractivity contribution >= 4 is 47.2 Å². The molecule has 0 saturated heterocycles. The molecule has 2 N–H and O–H groups in total. The van der Waals surface area contributed by atoms with Gasteiger partial charge in [0.2, 0.25) is 0 Å². The van der Waals surface area contributed by atoms with Gasteiger partial charge in [0.25, 0.3) is 0 Å². The van der Waals surface area contributed by atoms with Gasteiger partial charge in [0.05, 0.1) is 0 Å². The summed E-state index contributed by atoms with van der Waals surface area (Å²) in [6, 6.07) is 4.20. The van der Waals surface area contributed by atoms with E-state index < -0.39 is 0 Å². The van der Waals surface area contributed by atoms with Crippen molar-refractivity contribution in [3.05, 3.63) is 22.4 Å². The number of halogens is 1. The molecular weight excluding hydrogens is 437 g/mol. The maximum absolute atomic E-state index is 11.7. The minimum atomic E-state index is -0.0701. The van der Waals surface area contributed by atoms with E-state index in [9.17, 15) is 4.79 Å². The van der Waals surface area contributed by atoms with Gasteiger partial charge in [-0.2, -0.15) is 0 Å². The van der Waals surface area contributed by atoms with E-state index in [-0.39, 0.29) is 36.0 Å². The lowest BCUT2D eigenvalue weighted by Gasteiger charge is -2.13. The lowest BCUT2D eigenvalue weighted by molar-refractivity contribution is -0.148. The Morgan fingerprint density at radius 3 is 2.75 bits per heavy atom. The van der Waals surface area contributed by atoms with Crippen LogP contribution in [0.5, 0.6) is 0 Å². The van der Waals surface area contributed by atoms with Crippen LogP contribution < -0.4 is 10.6 Å². The molecule has 7 heteroatoms. The highest BCUT2D eigenvalue weighted by atomic mass is 127. The lowest BCUT2D eigenvalue weighted by atomic mass is 10.3. The first-order valence-electron chi connectivity index (χ1n) is 8.44. The Bertz CT molecular complexity index is 488. The SMILES string of the molecule is CN=C(NCCCC(=O)OC1CCCC1)NCCc1cccs1.I. The van der Waals surface area contributed by atoms with Crippen LogP contribution in [0.2, 0.25) is 0 Å². The molecule has 1 aliphatic carbocycles. The summed E-state index contributed by atoms with van der Waals surface area (Å²) in [5, 5.41) is 8.61. The number of guanidine groups is 1. The second-order valence-corrected chi connectivity index (χ2v) is 6.79. The average molecular weight is 465 g/mol. The fourth-order valence-corrected chi connectivity index (χ4v) is 3.38. The zero-order valence-electron chi connectivity index (χ0n) is 14.3. The molecule has 0 aliphatic heterocycles. The molecule has 0 amide bonds. The van der Waals surface area contributed by atoms with Gasteiger partial charge in [-0.1, -0.05) is 6.07 Å². The summed E-state index contributed by atoms with van der Waals surface area (Å²) in [7, 11) is 1.76. The molecule has 1 aromatic heterocycles. The highest BCUT2D eigenvalue weighted by Crippen LogP contribution is 2.21. The van der Waals surface area contributed by atoms with Gasteiger partial charge >= 0.3 is 5.97 Å². The van der Waals surface area contributed by atoms with Crippen molar-refractivity contribution < 1.29 is 9.53 Å². The number of esters is 1. The van der Waals surface area contributed by atoms with Crippen molar-refractivity contribution in [3.8, 4) is 0 Å². The summed E-state index contributed by atoms with van der Waals surface area (Å²) in [5.74, 6) is 0.713. The van der Waals surface area contributed by atoms with Crippen molar-refractivity contribution in [1.82, 2.24) is 10.6 Å². The molecule has 1 fully saturated rings. The third-order valence-electron chi connectivity index (χ3n) is 3.92. The first kappa shape index (κ1) is 21.2. The van der Waals surface area contributed by atoms with Crippen LogP contribution in [0.1, 0.15) is 43.4 Å². The van der Waals surface area contributed by atoms with E-state index in [0.29, 0.717) is 6.42 Å². The Balaban J connectivity index is 0.00000288. The van der Waals surface area contributed by atoms with Gasteiger partial charge in [-0.15, -0.1) is 35.3 Å². The number of aliphatic imine (C=N–C) groups is 1. The van der Waals surface area contributed by atoms with Crippen molar-refractivity contribution in [2.24, 2.45) is 4.99 Å². The van der Waals surface area contributed by atoms with E-state index in [0.717, 1.165) is 44.7 Å². The molecule has 0 aromatic carbocycles. The monoisotopic (exact) mass is 465 g/mol. The molecule has 1 aromatic rings. The Labute approximate surface area is 165 Å². The molecule has 0 atom stereocenters. The minimum Gasteiger partial charge on any atom is -0.462 e. The standard InChI is InChI=1S/C17H27N3O2S.HI/c1-18-17(20-12-10-15-8-5-13-23-15)19-11-4-9-16(21)22-14-6-2-3-7-14;/h5,8,13-14H,2-4,6-7,9-12H2,1H3,(H2,18,19,20);1H. The van der Waals surface area contributed by atoms with E-state index in [1.165, 1.54) is 17.7 Å². The van der Waals surface area contributed by atoms with E-state index >= 15 is 0 Å². The second kappa shape index (κ2) is 12.5. The van der Waals surface area contributed by atoms with Crippen LogP contribution in [0.15, 0.2) is 22.5 Å². The van der Waals surface area contributed by atoms with Gasteiger partial charge in [-0.05, 0) is 50.0 Å². The van der Waals surface area contributed by atoms with Crippen LogP contribution >= 0.6 is 35.3 Å². The van der Waals surface area contributed by atoms with E-state index in [4.69, 9.17) is 4.74 Å². The van der Waals surface area contributed by atoms with Crippen LogP contribution in [0.3, 0.4) is 0 Å². The second-order valence-electron chi connectivity index (χ2n) is 5.76. The number of nitrogens with one attached hydrogen (secondary N) is 2. The van der Waals surface area contributed by atoms with Gasteiger partial charge in [-0.25, -0.2) is 0 Å². The molecule has 1 saturated carbocycles. The van der Waals surface area contributed by atoms with Gasteiger partial charge in [0, 0.05) is 31.4 Å². The van der Waals surface area contributed by atoms with Gasteiger partial charge in [0.15, 0.2) is 5.96 Å². The Hall–Kier alpha value is -0.830. The fraction of sp³-hybridized carbons (Fsp3) is 0.647. The molecule has 136 valence electrons. The zero-order chi connectivity index (χ0) is 16.3. The summed E-state index contributed by atoms with van der Waals surface area (Å²) < 4.78 is 5.44. The zero-order valence-corrected chi connectivity index (χ0v) is 17.4. The van der Waals surface area contributed by atoms with Crippen LogP contribution in [0, 0.1) is 0 Å². The number of hydrogen-bond donors (Lipinski definition) is 2. The Morgan fingerprint density at radius 2 is 2.08 bits per heavy atom. The molecule has 1 aliphatic rings.